The zero-order valence-corrected chi connectivity index (χ0v) is 10.5. The molecule has 1 aromatic heterocycles. The second kappa shape index (κ2) is 5.62. The molecule has 1 saturated carbocycles. The van der Waals surface area contributed by atoms with Gasteiger partial charge in [0.2, 0.25) is 5.91 Å². The Bertz CT molecular complexity index is 392. The van der Waals surface area contributed by atoms with Crippen LogP contribution in [0.2, 0.25) is 0 Å². The molecule has 0 spiro atoms. The summed E-state index contributed by atoms with van der Waals surface area (Å²) in [6.45, 7) is 1.58. The van der Waals surface area contributed by atoms with Crippen LogP contribution in [0.4, 0.5) is 0 Å². The summed E-state index contributed by atoms with van der Waals surface area (Å²) >= 11 is 1.54. The Labute approximate surface area is 105 Å². The van der Waals surface area contributed by atoms with Crippen LogP contribution < -0.4 is 11.1 Å². The number of nitrogens with one attached hydrogen (secondary N) is 1. The van der Waals surface area contributed by atoms with Crippen molar-refractivity contribution >= 4 is 17.2 Å². The molecule has 0 radical (unpaired) electrons. The largest absolute Gasteiger partial charge is 0.393 e. The summed E-state index contributed by atoms with van der Waals surface area (Å²) in [5.41, 5.74) is 5.76. The van der Waals surface area contributed by atoms with Crippen molar-refractivity contribution in [2.45, 2.75) is 31.9 Å². The molecule has 1 fully saturated rings. The number of hydrogen-bond acceptors (Lipinski definition) is 4. The molecule has 17 heavy (non-hydrogen) atoms. The van der Waals surface area contributed by atoms with E-state index in [1.807, 2.05) is 6.07 Å². The topological polar surface area (TPSA) is 75.4 Å². The molecule has 1 aliphatic carbocycles. The van der Waals surface area contributed by atoms with E-state index in [2.05, 4.69) is 5.32 Å². The predicted octanol–water partition coefficient (Wildman–Crippen LogP) is 1.10. The second-order valence-electron chi connectivity index (χ2n) is 4.56. The highest BCUT2D eigenvalue weighted by Crippen LogP contribution is 2.24. The summed E-state index contributed by atoms with van der Waals surface area (Å²) in [5.74, 6) is 0.00397. The van der Waals surface area contributed by atoms with Crippen molar-refractivity contribution in [1.29, 1.82) is 0 Å². The van der Waals surface area contributed by atoms with Gasteiger partial charge in [0.05, 0.1) is 11.7 Å². The molecule has 4 N–H and O–H groups in total. The average molecular weight is 254 g/mol. The molecule has 1 aliphatic rings. The molecular weight excluding hydrogens is 236 g/mol. The molecule has 1 amide bonds. The number of thiophene rings is 1. The number of amides is 1. The number of hydrogen-bond donors (Lipinski definition) is 3. The zero-order valence-electron chi connectivity index (χ0n) is 9.69. The Morgan fingerprint density at radius 3 is 3.00 bits per heavy atom. The van der Waals surface area contributed by atoms with Crippen LogP contribution in [0.5, 0.6) is 0 Å². The van der Waals surface area contributed by atoms with Crippen molar-refractivity contribution in [1.82, 2.24) is 5.32 Å². The number of aliphatic hydroxyl groups excluding tert-OH is 1. The molecule has 0 aromatic carbocycles. The molecule has 2 unspecified atom stereocenters. The maximum absolute atomic E-state index is 10.9. The van der Waals surface area contributed by atoms with Crippen LogP contribution in [0.25, 0.3) is 0 Å². The summed E-state index contributed by atoms with van der Waals surface area (Å²) < 4.78 is 0. The maximum Gasteiger partial charge on any atom is 0.249 e. The summed E-state index contributed by atoms with van der Waals surface area (Å²) in [6, 6.07) is 1.82. The number of aliphatic hydroxyl groups is 1. The number of carbonyl (C=O) groups is 1. The van der Waals surface area contributed by atoms with E-state index in [1.165, 1.54) is 11.3 Å². The van der Waals surface area contributed by atoms with E-state index in [-0.39, 0.29) is 12.0 Å². The van der Waals surface area contributed by atoms with E-state index in [9.17, 15) is 9.90 Å². The van der Waals surface area contributed by atoms with Gasteiger partial charge in [-0.25, -0.2) is 0 Å². The van der Waals surface area contributed by atoms with Crippen molar-refractivity contribution in [2.24, 2.45) is 11.7 Å². The lowest BCUT2D eigenvalue weighted by atomic mass is 10.1. The standard InChI is InChI=1S/C12H18N2O2S/c13-12(16)9-4-10(17-7-9)6-14-5-8-2-1-3-11(8)15/h4,7-8,11,14-15H,1-3,5-6H2,(H2,13,16). The van der Waals surface area contributed by atoms with Crippen molar-refractivity contribution in [3.05, 3.63) is 21.9 Å². The fourth-order valence-electron chi connectivity index (χ4n) is 2.24. The van der Waals surface area contributed by atoms with Gasteiger partial charge in [0.25, 0.3) is 0 Å². The Kier molecular flexibility index (Phi) is 4.15. The first-order valence-electron chi connectivity index (χ1n) is 5.93. The zero-order chi connectivity index (χ0) is 12.3. The van der Waals surface area contributed by atoms with Crippen LogP contribution in [0, 0.1) is 5.92 Å². The summed E-state index contributed by atoms with van der Waals surface area (Å²) in [6.07, 6.45) is 3.01. The molecule has 1 heterocycles. The number of primary amides is 1. The van der Waals surface area contributed by atoms with Gasteiger partial charge in [-0.2, -0.15) is 0 Å². The Morgan fingerprint density at radius 2 is 2.41 bits per heavy atom. The smallest absolute Gasteiger partial charge is 0.249 e. The van der Waals surface area contributed by atoms with Gasteiger partial charge >= 0.3 is 0 Å². The first-order chi connectivity index (χ1) is 8.16. The van der Waals surface area contributed by atoms with E-state index in [4.69, 9.17) is 5.73 Å². The number of carbonyl (C=O) groups excluding carboxylic acids is 1. The third-order valence-electron chi connectivity index (χ3n) is 3.26. The lowest BCUT2D eigenvalue weighted by Gasteiger charge is -2.14. The fraction of sp³-hybridized carbons (Fsp3) is 0.583. The molecule has 1 aromatic rings. The van der Waals surface area contributed by atoms with Crippen molar-refractivity contribution < 1.29 is 9.90 Å². The first-order valence-corrected chi connectivity index (χ1v) is 6.81. The minimum atomic E-state index is -0.376. The van der Waals surface area contributed by atoms with Crippen molar-refractivity contribution in [3.63, 3.8) is 0 Å². The quantitative estimate of drug-likeness (QED) is 0.736. The second-order valence-corrected chi connectivity index (χ2v) is 5.55. The van der Waals surface area contributed by atoms with E-state index in [0.717, 1.165) is 37.2 Å². The van der Waals surface area contributed by atoms with Gasteiger partial charge in [-0.1, -0.05) is 6.42 Å². The molecule has 0 bridgehead atoms. The minimum absolute atomic E-state index is 0.146. The molecule has 2 rings (SSSR count). The normalized spacial score (nSPS) is 24.1. The SMILES string of the molecule is NC(=O)c1csc(CNCC2CCCC2O)c1. The molecule has 4 nitrogen and oxygen atoms in total. The van der Waals surface area contributed by atoms with Gasteiger partial charge in [-0.15, -0.1) is 11.3 Å². The lowest BCUT2D eigenvalue weighted by molar-refractivity contribution is 0.100. The van der Waals surface area contributed by atoms with E-state index >= 15 is 0 Å². The van der Waals surface area contributed by atoms with Crippen molar-refractivity contribution in [2.75, 3.05) is 6.54 Å². The Balaban J connectivity index is 1.76. The summed E-state index contributed by atoms with van der Waals surface area (Å²) in [7, 11) is 0. The van der Waals surface area contributed by atoms with E-state index < -0.39 is 0 Å². The highest BCUT2D eigenvalue weighted by molar-refractivity contribution is 7.10. The summed E-state index contributed by atoms with van der Waals surface area (Å²) in [5, 5.41) is 14.8. The Hall–Kier alpha value is -0.910. The van der Waals surface area contributed by atoms with Crippen LogP contribution in [-0.4, -0.2) is 23.7 Å². The molecule has 5 heteroatoms. The van der Waals surface area contributed by atoms with Crippen LogP contribution >= 0.6 is 11.3 Å². The molecular formula is C12H18N2O2S. The van der Waals surface area contributed by atoms with Crippen LogP contribution in [0.15, 0.2) is 11.4 Å². The van der Waals surface area contributed by atoms with Gasteiger partial charge < -0.3 is 16.2 Å². The van der Waals surface area contributed by atoms with E-state index in [0.29, 0.717) is 11.5 Å². The van der Waals surface area contributed by atoms with E-state index in [1.54, 1.807) is 5.38 Å². The number of nitrogens with two attached hydrogens (primary N) is 1. The van der Waals surface area contributed by atoms with Gasteiger partial charge in [-0.3, -0.25) is 4.79 Å². The third kappa shape index (κ3) is 3.28. The van der Waals surface area contributed by atoms with Gasteiger partial charge in [-0.05, 0) is 24.8 Å². The maximum atomic E-state index is 10.9. The fourth-order valence-corrected chi connectivity index (χ4v) is 3.08. The number of rotatable bonds is 5. The Morgan fingerprint density at radius 1 is 1.59 bits per heavy atom. The van der Waals surface area contributed by atoms with Crippen LogP contribution in [0.3, 0.4) is 0 Å². The van der Waals surface area contributed by atoms with Crippen LogP contribution in [0.1, 0.15) is 34.5 Å². The van der Waals surface area contributed by atoms with Gasteiger partial charge in [0.1, 0.15) is 0 Å². The lowest BCUT2D eigenvalue weighted by Crippen LogP contribution is -2.27. The first kappa shape index (κ1) is 12.5. The summed E-state index contributed by atoms with van der Waals surface area (Å²) in [4.78, 5) is 12.0. The molecule has 2 atom stereocenters. The molecule has 0 aliphatic heterocycles. The molecule has 0 saturated heterocycles. The highest BCUT2D eigenvalue weighted by Gasteiger charge is 2.24. The molecule has 94 valence electrons. The monoisotopic (exact) mass is 254 g/mol. The minimum Gasteiger partial charge on any atom is -0.393 e. The van der Waals surface area contributed by atoms with Gasteiger partial charge in [0, 0.05) is 23.3 Å². The van der Waals surface area contributed by atoms with Gasteiger partial charge in [0.15, 0.2) is 0 Å². The predicted molar refractivity (Wildman–Crippen MR) is 67.9 cm³/mol. The van der Waals surface area contributed by atoms with Crippen LogP contribution in [-0.2, 0) is 6.54 Å². The van der Waals surface area contributed by atoms with Crippen molar-refractivity contribution in [3.8, 4) is 0 Å². The highest BCUT2D eigenvalue weighted by atomic mass is 32.1. The average Bonchev–Trinajstić information content (AvgIpc) is 2.89. The third-order valence-corrected chi connectivity index (χ3v) is 4.20.